The SMILES string of the molecule is C=CCOc1ccc(CN[C@@H]2CCCNC2=O)cc1OC. The number of rotatable bonds is 7. The number of carbonyl (C=O) groups is 1. The molecule has 1 aromatic carbocycles. The lowest BCUT2D eigenvalue weighted by Crippen LogP contribution is -2.47. The maximum atomic E-state index is 11.7. The fraction of sp³-hybridized carbons (Fsp3) is 0.438. The zero-order valence-corrected chi connectivity index (χ0v) is 12.4. The molecule has 1 heterocycles. The van der Waals surface area contributed by atoms with Crippen LogP contribution in [0, 0.1) is 0 Å². The van der Waals surface area contributed by atoms with Gasteiger partial charge < -0.3 is 20.1 Å². The summed E-state index contributed by atoms with van der Waals surface area (Å²) < 4.78 is 10.8. The van der Waals surface area contributed by atoms with E-state index in [0.717, 1.165) is 24.9 Å². The largest absolute Gasteiger partial charge is 0.493 e. The molecule has 1 aliphatic heterocycles. The van der Waals surface area contributed by atoms with Crippen molar-refractivity contribution in [1.82, 2.24) is 10.6 Å². The van der Waals surface area contributed by atoms with Gasteiger partial charge in [-0.25, -0.2) is 0 Å². The Morgan fingerprint density at radius 1 is 1.48 bits per heavy atom. The van der Waals surface area contributed by atoms with Gasteiger partial charge in [-0.2, -0.15) is 0 Å². The van der Waals surface area contributed by atoms with Gasteiger partial charge >= 0.3 is 0 Å². The summed E-state index contributed by atoms with van der Waals surface area (Å²) in [5.41, 5.74) is 1.05. The monoisotopic (exact) mass is 290 g/mol. The van der Waals surface area contributed by atoms with Crippen molar-refractivity contribution < 1.29 is 14.3 Å². The van der Waals surface area contributed by atoms with E-state index in [1.807, 2.05) is 18.2 Å². The first kappa shape index (κ1) is 15.4. The second kappa shape index (κ2) is 7.69. The summed E-state index contributed by atoms with van der Waals surface area (Å²) in [6, 6.07) is 5.66. The van der Waals surface area contributed by atoms with Crippen LogP contribution in [0.15, 0.2) is 30.9 Å². The van der Waals surface area contributed by atoms with Crippen LogP contribution in [0.2, 0.25) is 0 Å². The fourth-order valence-corrected chi connectivity index (χ4v) is 2.30. The predicted molar refractivity (Wildman–Crippen MR) is 81.6 cm³/mol. The van der Waals surface area contributed by atoms with Crippen LogP contribution < -0.4 is 20.1 Å². The normalized spacial score (nSPS) is 18.0. The summed E-state index contributed by atoms with van der Waals surface area (Å²) in [4.78, 5) is 11.7. The number of carbonyl (C=O) groups excluding carboxylic acids is 1. The predicted octanol–water partition coefficient (Wildman–Crippen LogP) is 1.63. The highest BCUT2D eigenvalue weighted by atomic mass is 16.5. The average molecular weight is 290 g/mol. The van der Waals surface area contributed by atoms with Gasteiger partial charge in [0, 0.05) is 13.1 Å². The van der Waals surface area contributed by atoms with E-state index >= 15 is 0 Å². The highest BCUT2D eigenvalue weighted by Crippen LogP contribution is 2.28. The number of ether oxygens (including phenoxy) is 2. The number of methoxy groups -OCH3 is 1. The summed E-state index contributed by atoms with van der Waals surface area (Å²) in [5, 5.41) is 6.14. The Morgan fingerprint density at radius 3 is 3.05 bits per heavy atom. The number of amides is 1. The molecule has 1 amide bonds. The van der Waals surface area contributed by atoms with Gasteiger partial charge in [0.2, 0.25) is 5.91 Å². The minimum absolute atomic E-state index is 0.0825. The Bertz CT molecular complexity index is 502. The molecular weight excluding hydrogens is 268 g/mol. The Morgan fingerprint density at radius 2 is 2.33 bits per heavy atom. The van der Waals surface area contributed by atoms with Gasteiger partial charge in [-0.1, -0.05) is 18.7 Å². The van der Waals surface area contributed by atoms with Gasteiger partial charge in [-0.3, -0.25) is 4.79 Å². The second-order valence-electron chi connectivity index (χ2n) is 4.95. The molecule has 2 rings (SSSR count). The lowest BCUT2D eigenvalue weighted by atomic mass is 10.1. The quantitative estimate of drug-likeness (QED) is 0.749. The fourth-order valence-electron chi connectivity index (χ4n) is 2.30. The molecule has 1 aliphatic rings. The minimum atomic E-state index is -0.110. The van der Waals surface area contributed by atoms with Crippen molar-refractivity contribution in [2.24, 2.45) is 0 Å². The van der Waals surface area contributed by atoms with E-state index in [1.54, 1.807) is 13.2 Å². The number of benzene rings is 1. The molecule has 0 aliphatic carbocycles. The molecule has 0 bridgehead atoms. The Kier molecular flexibility index (Phi) is 5.63. The highest BCUT2D eigenvalue weighted by Gasteiger charge is 2.21. The summed E-state index contributed by atoms with van der Waals surface area (Å²) in [6.07, 6.45) is 3.58. The van der Waals surface area contributed by atoms with Crippen LogP contribution in [-0.2, 0) is 11.3 Å². The summed E-state index contributed by atoms with van der Waals surface area (Å²) in [6.45, 7) is 5.46. The van der Waals surface area contributed by atoms with Gasteiger partial charge in [0.25, 0.3) is 0 Å². The molecule has 1 aromatic rings. The van der Waals surface area contributed by atoms with Crippen molar-refractivity contribution in [3.63, 3.8) is 0 Å². The van der Waals surface area contributed by atoms with Crippen LogP contribution >= 0.6 is 0 Å². The average Bonchev–Trinajstić information content (AvgIpc) is 2.52. The van der Waals surface area contributed by atoms with Crippen molar-refractivity contribution in [2.75, 3.05) is 20.3 Å². The number of hydrogen-bond donors (Lipinski definition) is 2. The van der Waals surface area contributed by atoms with Gasteiger partial charge in [-0.05, 0) is 30.5 Å². The van der Waals surface area contributed by atoms with E-state index in [2.05, 4.69) is 17.2 Å². The van der Waals surface area contributed by atoms with Crippen molar-refractivity contribution in [3.8, 4) is 11.5 Å². The smallest absolute Gasteiger partial charge is 0.237 e. The molecule has 1 atom stereocenters. The van der Waals surface area contributed by atoms with Crippen molar-refractivity contribution in [3.05, 3.63) is 36.4 Å². The third kappa shape index (κ3) is 4.23. The minimum Gasteiger partial charge on any atom is -0.493 e. The van der Waals surface area contributed by atoms with Crippen LogP contribution in [-0.4, -0.2) is 32.2 Å². The molecule has 5 nitrogen and oxygen atoms in total. The number of nitrogens with one attached hydrogen (secondary N) is 2. The lowest BCUT2D eigenvalue weighted by molar-refractivity contribution is -0.124. The van der Waals surface area contributed by atoms with Crippen LogP contribution in [0.3, 0.4) is 0 Å². The van der Waals surface area contributed by atoms with Crippen LogP contribution in [0.5, 0.6) is 11.5 Å². The maximum Gasteiger partial charge on any atom is 0.237 e. The molecule has 5 heteroatoms. The van der Waals surface area contributed by atoms with Crippen LogP contribution in [0.4, 0.5) is 0 Å². The molecule has 0 spiro atoms. The first-order valence-corrected chi connectivity index (χ1v) is 7.16. The van der Waals surface area contributed by atoms with Crippen LogP contribution in [0.1, 0.15) is 18.4 Å². The molecule has 0 radical (unpaired) electrons. The molecule has 1 saturated heterocycles. The first-order chi connectivity index (χ1) is 10.2. The van der Waals surface area contributed by atoms with E-state index in [0.29, 0.717) is 24.7 Å². The van der Waals surface area contributed by atoms with E-state index in [4.69, 9.17) is 9.47 Å². The molecule has 21 heavy (non-hydrogen) atoms. The van der Waals surface area contributed by atoms with Gasteiger partial charge in [-0.15, -0.1) is 0 Å². The molecule has 114 valence electrons. The topological polar surface area (TPSA) is 59.6 Å². The third-order valence-corrected chi connectivity index (χ3v) is 3.42. The number of hydrogen-bond acceptors (Lipinski definition) is 4. The number of piperidine rings is 1. The Labute approximate surface area is 125 Å². The second-order valence-corrected chi connectivity index (χ2v) is 4.95. The Hall–Kier alpha value is -2.01. The molecule has 2 N–H and O–H groups in total. The van der Waals surface area contributed by atoms with Crippen molar-refractivity contribution >= 4 is 5.91 Å². The highest BCUT2D eigenvalue weighted by molar-refractivity contribution is 5.82. The van der Waals surface area contributed by atoms with E-state index in [9.17, 15) is 4.79 Å². The third-order valence-electron chi connectivity index (χ3n) is 3.42. The summed E-state index contributed by atoms with van der Waals surface area (Å²) >= 11 is 0. The zero-order chi connectivity index (χ0) is 15.1. The molecule has 1 fully saturated rings. The van der Waals surface area contributed by atoms with E-state index in [1.165, 1.54) is 0 Å². The van der Waals surface area contributed by atoms with Crippen LogP contribution in [0.25, 0.3) is 0 Å². The van der Waals surface area contributed by atoms with Gasteiger partial charge in [0.1, 0.15) is 6.61 Å². The standard InChI is InChI=1S/C16H22N2O3/c1-3-9-21-14-7-6-12(10-15(14)20-2)11-18-13-5-4-8-17-16(13)19/h3,6-7,10,13,18H,1,4-5,8-9,11H2,2H3,(H,17,19)/t13-/m1/s1. The zero-order valence-electron chi connectivity index (χ0n) is 12.4. The molecule has 0 aromatic heterocycles. The molecule has 0 saturated carbocycles. The molecular formula is C16H22N2O3. The summed E-state index contributed by atoms with van der Waals surface area (Å²) in [5.74, 6) is 1.46. The van der Waals surface area contributed by atoms with E-state index < -0.39 is 0 Å². The Balaban J connectivity index is 1.96. The maximum absolute atomic E-state index is 11.7. The van der Waals surface area contributed by atoms with Crippen molar-refractivity contribution in [1.29, 1.82) is 0 Å². The van der Waals surface area contributed by atoms with E-state index in [-0.39, 0.29) is 11.9 Å². The van der Waals surface area contributed by atoms with Gasteiger partial charge in [0.15, 0.2) is 11.5 Å². The summed E-state index contributed by atoms with van der Waals surface area (Å²) in [7, 11) is 1.61. The molecule has 0 unspecified atom stereocenters. The first-order valence-electron chi connectivity index (χ1n) is 7.16. The lowest BCUT2D eigenvalue weighted by Gasteiger charge is -2.23. The van der Waals surface area contributed by atoms with Gasteiger partial charge in [0.05, 0.1) is 13.2 Å². The van der Waals surface area contributed by atoms with Crippen molar-refractivity contribution in [2.45, 2.75) is 25.4 Å².